The van der Waals surface area contributed by atoms with Crippen molar-refractivity contribution in [3.8, 4) is 0 Å². The molecule has 0 aliphatic carbocycles. The topological polar surface area (TPSA) is 37.8 Å². The maximum atomic E-state index is 12.9. The van der Waals surface area contributed by atoms with Crippen molar-refractivity contribution < 1.29 is 13.2 Å². The first kappa shape index (κ1) is 15.9. The lowest BCUT2D eigenvalue weighted by atomic mass is 10.2. The van der Waals surface area contributed by atoms with Crippen LogP contribution in [0.5, 0.6) is 0 Å². The number of alkyl halides is 3. The third-order valence-corrected chi connectivity index (χ3v) is 3.49. The summed E-state index contributed by atoms with van der Waals surface area (Å²) in [5.74, 6) is 0.184. The number of pyridine rings is 2. The molecule has 2 heterocycles. The van der Waals surface area contributed by atoms with Crippen molar-refractivity contribution >= 4 is 29.2 Å². The molecular weight excluding hydrogens is 323 g/mol. The Balaban J connectivity index is 2.33. The predicted octanol–water partition coefficient (Wildman–Crippen LogP) is 4.73. The average molecular weight is 334 g/mol. The number of hydrogen-bond acceptors (Lipinski definition) is 4. The second-order valence-electron chi connectivity index (χ2n) is 4.02. The molecule has 0 aliphatic heterocycles. The highest BCUT2D eigenvalue weighted by molar-refractivity contribution is 7.99. The molecule has 8 heteroatoms. The fourth-order valence-electron chi connectivity index (χ4n) is 1.52. The van der Waals surface area contributed by atoms with Crippen LogP contribution in [0.3, 0.4) is 0 Å². The van der Waals surface area contributed by atoms with Gasteiger partial charge in [0.15, 0.2) is 0 Å². The van der Waals surface area contributed by atoms with Gasteiger partial charge in [0.05, 0.1) is 10.6 Å². The van der Waals surface area contributed by atoms with Crippen molar-refractivity contribution in [2.75, 3.05) is 11.9 Å². The summed E-state index contributed by atoms with van der Waals surface area (Å²) in [5.41, 5.74) is -0.745. The predicted molar refractivity (Wildman–Crippen MR) is 76.8 cm³/mol. The molecule has 2 aromatic rings. The van der Waals surface area contributed by atoms with Crippen LogP contribution in [-0.4, -0.2) is 16.5 Å². The molecule has 1 N–H and O–H groups in total. The molecule has 0 radical (unpaired) electrons. The molecule has 0 saturated carbocycles. The van der Waals surface area contributed by atoms with Crippen molar-refractivity contribution in [1.29, 1.82) is 0 Å². The van der Waals surface area contributed by atoms with Crippen molar-refractivity contribution in [2.24, 2.45) is 0 Å². The van der Waals surface area contributed by atoms with Gasteiger partial charge in [-0.2, -0.15) is 13.2 Å². The molecule has 0 spiro atoms. The molecule has 0 unspecified atom stereocenters. The Labute approximate surface area is 128 Å². The summed E-state index contributed by atoms with van der Waals surface area (Å²) >= 11 is 6.77. The minimum Gasteiger partial charge on any atom is -0.370 e. The first-order chi connectivity index (χ1) is 9.88. The average Bonchev–Trinajstić information content (AvgIpc) is 2.41. The molecule has 0 saturated heterocycles. The number of nitrogens with zero attached hydrogens (tertiary/aromatic N) is 2. The molecule has 2 aromatic heterocycles. The Kier molecular flexibility index (Phi) is 4.95. The Bertz CT molecular complexity index is 617. The maximum absolute atomic E-state index is 12.9. The lowest BCUT2D eigenvalue weighted by Crippen LogP contribution is -2.08. The number of hydrogen-bond donors (Lipinski definition) is 1. The van der Waals surface area contributed by atoms with Crippen molar-refractivity contribution in [2.45, 2.75) is 23.2 Å². The minimum atomic E-state index is -4.42. The van der Waals surface area contributed by atoms with Crippen LogP contribution in [-0.2, 0) is 6.18 Å². The summed E-state index contributed by atoms with van der Waals surface area (Å²) in [6.45, 7) is 2.27. The van der Waals surface area contributed by atoms with E-state index in [1.165, 1.54) is 6.20 Å². The Hall–Kier alpha value is -1.47. The zero-order valence-corrected chi connectivity index (χ0v) is 12.5. The number of rotatable bonds is 4. The van der Waals surface area contributed by atoms with Gasteiger partial charge in [0, 0.05) is 12.7 Å². The number of aromatic nitrogens is 2. The van der Waals surface area contributed by atoms with Crippen LogP contribution in [0.15, 0.2) is 40.5 Å². The standard InChI is InChI=1S/C13H11ClF3N3S/c1-2-18-10-5-8(13(15,16)17)6-12(20-10)21-11-4-3-9(14)7-19-11/h3-7H,2H2,1H3,(H,18,20). The monoisotopic (exact) mass is 333 g/mol. The van der Waals surface area contributed by atoms with Gasteiger partial charge in [-0.05, 0) is 31.2 Å². The minimum absolute atomic E-state index is 0.184. The molecule has 0 amide bonds. The van der Waals surface area contributed by atoms with E-state index in [-0.39, 0.29) is 10.8 Å². The number of anilines is 1. The van der Waals surface area contributed by atoms with Crippen LogP contribution in [0.4, 0.5) is 19.0 Å². The van der Waals surface area contributed by atoms with Gasteiger partial charge >= 0.3 is 6.18 Å². The molecule has 21 heavy (non-hydrogen) atoms. The van der Waals surface area contributed by atoms with E-state index in [0.29, 0.717) is 16.6 Å². The zero-order valence-electron chi connectivity index (χ0n) is 10.9. The molecule has 2 rings (SSSR count). The number of halogens is 4. The fraction of sp³-hybridized carbons (Fsp3) is 0.231. The largest absolute Gasteiger partial charge is 0.416 e. The van der Waals surface area contributed by atoms with E-state index in [1.54, 1.807) is 19.1 Å². The van der Waals surface area contributed by atoms with Crippen LogP contribution >= 0.6 is 23.4 Å². The van der Waals surface area contributed by atoms with E-state index >= 15 is 0 Å². The van der Waals surface area contributed by atoms with E-state index in [1.807, 2.05) is 0 Å². The Morgan fingerprint density at radius 2 is 2.00 bits per heavy atom. The zero-order chi connectivity index (χ0) is 15.5. The van der Waals surface area contributed by atoms with Crippen molar-refractivity contribution in [3.63, 3.8) is 0 Å². The summed E-state index contributed by atoms with van der Waals surface area (Å²) in [7, 11) is 0. The lowest BCUT2D eigenvalue weighted by molar-refractivity contribution is -0.137. The normalized spacial score (nSPS) is 11.5. The van der Waals surface area contributed by atoms with Crippen LogP contribution in [0.2, 0.25) is 5.02 Å². The summed E-state index contributed by atoms with van der Waals surface area (Å²) in [4.78, 5) is 8.16. The molecule has 0 fully saturated rings. The van der Waals surface area contributed by atoms with Gasteiger partial charge in [0.25, 0.3) is 0 Å². The van der Waals surface area contributed by atoms with Gasteiger partial charge < -0.3 is 5.32 Å². The summed E-state index contributed by atoms with van der Waals surface area (Å²) < 4.78 is 38.6. The van der Waals surface area contributed by atoms with E-state index in [4.69, 9.17) is 11.6 Å². The third-order valence-electron chi connectivity index (χ3n) is 2.40. The highest BCUT2D eigenvalue weighted by Gasteiger charge is 2.31. The highest BCUT2D eigenvalue weighted by Crippen LogP contribution is 2.34. The summed E-state index contributed by atoms with van der Waals surface area (Å²) in [6, 6.07) is 5.24. The molecule has 0 aromatic carbocycles. The molecular formula is C13H11ClF3N3S. The fourth-order valence-corrected chi connectivity index (χ4v) is 2.42. The van der Waals surface area contributed by atoms with E-state index in [2.05, 4.69) is 15.3 Å². The van der Waals surface area contributed by atoms with Gasteiger partial charge in [-0.25, -0.2) is 9.97 Å². The quantitative estimate of drug-likeness (QED) is 0.877. The molecule has 0 aliphatic rings. The SMILES string of the molecule is CCNc1cc(C(F)(F)F)cc(Sc2ccc(Cl)cn2)n1. The van der Waals surface area contributed by atoms with Gasteiger partial charge in [-0.3, -0.25) is 0 Å². The maximum Gasteiger partial charge on any atom is 0.416 e. The second-order valence-corrected chi connectivity index (χ2v) is 5.50. The Morgan fingerprint density at radius 3 is 2.57 bits per heavy atom. The molecule has 0 bridgehead atoms. The van der Waals surface area contributed by atoms with E-state index in [9.17, 15) is 13.2 Å². The van der Waals surface area contributed by atoms with Gasteiger partial charge in [0.1, 0.15) is 15.9 Å². The summed E-state index contributed by atoms with van der Waals surface area (Å²) in [5, 5.41) is 3.99. The van der Waals surface area contributed by atoms with Gasteiger partial charge in [-0.15, -0.1) is 0 Å². The van der Waals surface area contributed by atoms with Crippen molar-refractivity contribution in [3.05, 3.63) is 41.0 Å². The second kappa shape index (κ2) is 6.53. The van der Waals surface area contributed by atoms with Crippen LogP contribution in [0.25, 0.3) is 0 Å². The third kappa shape index (κ3) is 4.50. The number of nitrogens with one attached hydrogen (secondary N) is 1. The first-order valence-electron chi connectivity index (χ1n) is 6.01. The first-order valence-corrected chi connectivity index (χ1v) is 7.20. The lowest BCUT2D eigenvalue weighted by Gasteiger charge is -2.11. The van der Waals surface area contributed by atoms with Crippen LogP contribution in [0.1, 0.15) is 12.5 Å². The van der Waals surface area contributed by atoms with E-state index in [0.717, 1.165) is 23.9 Å². The molecule has 3 nitrogen and oxygen atoms in total. The highest BCUT2D eigenvalue weighted by atomic mass is 35.5. The van der Waals surface area contributed by atoms with Crippen molar-refractivity contribution in [1.82, 2.24) is 9.97 Å². The Morgan fingerprint density at radius 1 is 1.24 bits per heavy atom. The smallest absolute Gasteiger partial charge is 0.370 e. The van der Waals surface area contributed by atoms with Crippen LogP contribution in [0, 0.1) is 0 Å². The van der Waals surface area contributed by atoms with Crippen LogP contribution < -0.4 is 5.32 Å². The molecule has 0 atom stereocenters. The molecule has 112 valence electrons. The van der Waals surface area contributed by atoms with E-state index < -0.39 is 11.7 Å². The summed E-state index contributed by atoms with van der Waals surface area (Å²) in [6.07, 6.45) is -2.99. The van der Waals surface area contributed by atoms with Gasteiger partial charge in [-0.1, -0.05) is 23.4 Å². The van der Waals surface area contributed by atoms with Gasteiger partial charge in [0.2, 0.25) is 0 Å².